The number of halogens is 2. The molecular formula is C13H19BrFNS. The van der Waals surface area contributed by atoms with Gasteiger partial charge in [0, 0.05) is 22.6 Å². The average Bonchev–Trinajstić information content (AvgIpc) is 2.28. The van der Waals surface area contributed by atoms with Gasteiger partial charge >= 0.3 is 0 Å². The van der Waals surface area contributed by atoms with E-state index in [9.17, 15) is 4.39 Å². The van der Waals surface area contributed by atoms with Crippen molar-refractivity contribution in [1.82, 2.24) is 5.32 Å². The van der Waals surface area contributed by atoms with Gasteiger partial charge in [-0.05, 0) is 37.0 Å². The van der Waals surface area contributed by atoms with E-state index in [-0.39, 0.29) is 5.82 Å². The number of hydrogen-bond donors (Lipinski definition) is 1. The highest BCUT2D eigenvalue weighted by Gasteiger charge is 2.05. The normalized spacial score (nSPS) is 12.7. The maximum atomic E-state index is 13.5. The Bertz CT molecular complexity index is 346. The Morgan fingerprint density at radius 1 is 1.47 bits per heavy atom. The van der Waals surface area contributed by atoms with E-state index in [1.165, 1.54) is 6.07 Å². The molecule has 4 heteroatoms. The zero-order chi connectivity index (χ0) is 12.7. The fourth-order valence-corrected chi connectivity index (χ4v) is 2.60. The Balaban J connectivity index is 2.34. The second kappa shape index (κ2) is 8.11. The minimum Gasteiger partial charge on any atom is -0.310 e. The van der Waals surface area contributed by atoms with Crippen LogP contribution in [0, 0.1) is 5.82 Å². The van der Waals surface area contributed by atoms with E-state index < -0.39 is 0 Å². The van der Waals surface area contributed by atoms with Crippen molar-refractivity contribution in [3.8, 4) is 0 Å². The van der Waals surface area contributed by atoms with Crippen LogP contribution in [-0.4, -0.2) is 17.5 Å². The standard InChI is InChI=1S/C13H19BrFNS/c1-3-17-7-6-10(2)16-9-11-4-5-12(14)8-13(11)15/h4-5,8,10,16H,3,6-7,9H2,1-2H3. The lowest BCUT2D eigenvalue weighted by molar-refractivity contribution is 0.519. The highest BCUT2D eigenvalue weighted by molar-refractivity contribution is 9.10. The van der Waals surface area contributed by atoms with Crippen LogP contribution in [0.15, 0.2) is 22.7 Å². The monoisotopic (exact) mass is 319 g/mol. The van der Waals surface area contributed by atoms with Gasteiger partial charge in [-0.3, -0.25) is 0 Å². The predicted octanol–water partition coefficient (Wildman–Crippen LogP) is 4.21. The maximum absolute atomic E-state index is 13.5. The van der Waals surface area contributed by atoms with Crippen LogP contribution in [0.25, 0.3) is 0 Å². The third-order valence-corrected chi connectivity index (χ3v) is 3.98. The summed E-state index contributed by atoms with van der Waals surface area (Å²) in [6, 6.07) is 5.63. The van der Waals surface area contributed by atoms with Crippen molar-refractivity contribution in [2.24, 2.45) is 0 Å². The molecule has 0 aliphatic carbocycles. The van der Waals surface area contributed by atoms with Crippen LogP contribution in [0.2, 0.25) is 0 Å². The quantitative estimate of drug-likeness (QED) is 0.755. The molecule has 0 radical (unpaired) electrons. The van der Waals surface area contributed by atoms with E-state index >= 15 is 0 Å². The first-order chi connectivity index (χ1) is 8.13. The summed E-state index contributed by atoms with van der Waals surface area (Å²) >= 11 is 5.20. The third-order valence-electron chi connectivity index (χ3n) is 2.56. The van der Waals surface area contributed by atoms with Gasteiger partial charge in [-0.2, -0.15) is 11.8 Å². The van der Waals surface area contributed by atoms with Gasteiger partial charge in [-0.15, -0.1) is 0 Å². The second-order valence-corrected chi connectivity index (χ2v) is 6.31. The van der Waals surface area contributed by atoms with Gasteiger partial charge in [-0.1, -0.05) is 28.9 Å². The topological polar surface area (TPSA) is 12.0 Å². The predicted molar refractivity (Wildman–Crippen MR) is 78.0 cm³/mol. The molecule has 0 spiro atoms. The van der Waals surface area contributed by atoms with E-state index in [1.807, 2.05) is 23.9 Å². The van der Waals surface area contributed by atoms with Crippen LogP contribution in [0.5, 0.6) is 0 Å². The van der Waals surface area contributed by atoms with Crippen molar-refractivity contribution < 1.29 is 4.39 Å². The van der Waals surface area contributed by atoms with Crippen molar-refractivity contribution in [3.63, 3.8) is 0 Å². The summed E-state index contributed by atoms with van der Waals surface area (Å²) in [6.45, 7) is 4.91. The number of benzene rings is 1. The minimum absolute atomic E-state index is 0.151. The van der Waals surface area contributed by atoms with Gasteiger partial charge in [0.2, 0.25) is 0 Å². The Labute approximate surface area is 116 Å². The van der Waals surface area contributed by atoms with Crippen molar-refractivity contribution in [3.05, 3.63) is 34.1 Å². The molecule has 1 rings (SSSR count). The molecule has 0 amide bonds. The summed E-state index contributed by atoms with van der Waals surface area (Å²) in [5.41, 5.74) is 0.725. The molecule has 1 unspecified atom stereocenters. The average molecular weight is 320 g/mol. The largest absolute Gasteiger partial charge is 0.310 e. The first-order valence-corrected chi connectivity index (χ1v) is 7.83. The molecule has 0 aliphatic heterocycles. The number of thioether (sulfide) groups is 1. The number of rotatable bonds is 7. The van der Waals surface area contributed by atoms with Gasteiger partial charge in [0.15, 0.2) is 0 Å². The molecule has 0 bridgehead atoms. The van der Waals surface area contributed by atoms with Gasteiger partial charge in [-0.25, -0.2) is 4.39 Å². The molecule has 0 saturated heterocycles. The first-order valence-electron chi connectivity index (χ1n) is 5.88. The summed E-state index contributed by atoms with van der Waals surface area (Å²) in [5, 5.41) is 3.35. The summed E-state index contributed by atoms with van der Waals surface area (Å²) < 4.78 is 14.3. The SMILES string of the molecule is CCSCCC(C)NCc1ccc(Br)cc1F. The van der Waals surface area contributed by atoms with Crippen LogP contribution in [0.1, 0.15) is 25.8 Å². The molecule has 0 heterocycles. The lowest BCUT2D eigenvalue weighted by Crippen LogP contribution is -2.26. The van der Waals surface area contributed by atoms with Gasteiger partial charge in [0.05, 0.1) is 0 Å². The first kappa shape index (κ1) is 15.0. The Morgan fingerprint density at radius 3 is 2.88 bits per heavy atom. The third kappa shape index (κ3) is 5.89. The summed E-state index contributed by atoms with van der Waals surface area (Å²) in [7, 11) is 0. The zero-order valence-corrected chi connectivity index (χ0v) is 12.7. The van der Waals surface area contributed by atoms with Gasteiger partial charge < -0.3 is 5.32 Å². The molecule has 1 atom stereocenters. The Kier molecular flexibility index (Phi) is 7.16. The maximum Gasteiger partial charge on any atom is 0.128 e. The van der Waals surface area contributed by atoms with Crippen LogP contribution in [0.4, 0.5) is 4.39 Å². The van der Waals surface area contributed by atoms with Gasteiger partial charge in [0.1, 0.15) is 5.82 Å². The smallest absolute Gasteiger partial charge is 0.128 e. The van der Waals surface area contributed by atoms with Gasteiger partial charge in [0.25, 0.3) is 0 Å². The highest BCUT2D eigenvalue weighted by Crippen LogP contribution is 2.15. The number of hydrogen-bond acceptors (Lipinski definition) is 2. The summed E-state index contributed by atoms with van der Waals surface area (Å²) in [4.78, 5) is 0. The Hall–Kier alpha value is -0.0600. The Morgan fingerprint density at radius 2 is 2.24 bits per heavy atom. The molecular weight excluding hydrogens is 301 g/mol. The van der Waals surface area contributed by atoms with Crippen LogP contribution in [-0.2, 0) is 6.54 Å². The van der Waals surface area contributed by atoms with Crippen LogP contribution >= 0.6 is 27.7 Å². The lowest BCUT2D eigenvalue weighted by Gasteiger charge is -2.13. The van der Waals surface area contributed by atoms with Crippen molar-refractivity contribution >= 4 is 27.7 Å². The van der Waals surface area contributed by atoms with Crippen LogP contribution in [0.3, 0.4) is 0 Å². The fourth-order valence-electron chi connectivity index (χ4n) is 1.46. The summed E-state index contributed by atoms with van der Waals surface area (Å²) in [5.74, 6) is 2.17. The van der Waals surface area contributed by atoms with Crippen molar-refractivity contribution in [2.45, 2.75) is 32.9 Å². The molecule has 1 N–H and O–H groups in total. The van der Waals surface area contributed by atoms with E-state index in [0.29, 0.717) is 12.6 Å². The fraction of sp³-hybridized carbons (Fsp3) is 0.538. The summed E-state index contributed by atoms with van der Waals surface area (Å²) in [6.07, 6.45) is 1.12. The molecule has 96 valence electrons. The molecule has 17 heavy (non-hydrogen) atoms. The molecule has 1 aromatic rings. The molecule has 1 aromatic carbocycles. The highest BCUT2D eigenvalue weighted by atomic mass is 79.9. The minimum atomic E-state index is -0.151. The zero-order valence-electron chi connectivity index (χ0n) is 10.3. The lowest BCUT2D eigenvalue weighted by atomic mass is 10.2. The molecule has 1 nitrogen and oxygen atoms in total. The molecule has 0 aliphatic rings. The van der Waals surface area contributed by atoms with E-state index in [1.54, 1.807) is 0 Å². The second-order valence-electron chi connectivity index (χ2n) is 4.00. The van der Waals surface area contributed by atoms with E-state index in [2.05, 4.69) is 35.1 Å². The number of nitrogens with one attached hydrogen (secondary N) is 1. The van der Waals surface area contributed by atoms with E-state index in [4.69, 9.17) is 0 Å². The molecule has 0 aromatic heterocycles. The molecule has 0 saturated carbocycles. The van der Waals surface area contributed by atoms with Crippen LogP contribution < -0.4 is 5.32 Å². The van der Waals surface area contributed by atoms with Crippen molar-refractivity contribution in [1.29, 1.82) is 0 Å². The van der Waals surface area contributed by atoms with Crippen molar-refractivity contribution in [2.75, 3.05) is 11.5 Å². The molecule has 0 fully saturated rings. The van der Waals surface area contributed by atoms with E-state index in [0.717, 1.165) is 28.0 Å².